The first-order valence-electron chi connectivity index (χ1n) is 11.2. The lowest BCUT2D eigenvalue weighted by atomic mass is 9.94. The van der Waals surface area contributed by atoms with Gasteiger partial charge in [-0.15, -0.1) is 0 Å². The van der Waals surface area contributed by atoms with Crippen molar-refractivity contribution in [1.29, 1.82) is 0 Å². The van der Waals surface area contributed by atoms with Gasteiger partial charge in [-0.2, -0.15) is 0 Å². The minimum atomic E-state index is -0.721. The average molecular weight is 452 g/mol. The molecule has 1 aromatic heterocycles. The van der Waals surface area contributed by atoms with Gasteiger partial charge in [0, 0.05) is 36.5 Å². The molecular formula is C28H35O3S+. The molecule has 0 N–H and O–H groups in total. The van der Waals surface area contributed by atoms with Gasteiger partial charge in [0.2, 0.25) is 0 Å². The molecule has 1 heterocycles. The van der Waals surface area contributed by atoms with Crippen LogP contribution in [0.2, 0.25) is 0 Å². The molecule has 3 nitrogen and oxygen atoms in total. The molecule has 32 heavy (non-hydrogen) atoms. The predicted octanol–water partition coefficient (Wildman–Crippen LogP) is 7.64. The molecule has 2 aromatic carbocycles. The zero-order valence-corrected chi connectivity index (χ0v) is 21.4. The standard InChI is InChI=1S/C28H35O3S/c1-18(2)23-11-13-24(14-12-23)28(7,8)31-26(29)17-30-27-19(3)15-25(16-20(27)4)32-21(5)9-10-22(32)6/h9-16,18H,17H2,1-8H3/q+1. The number of hydrogen-bond donors (Lipinski definition) is 0. The van der Waals surface area contributed by atoms with Crippen molar-refractivity contribution in [3.63, 3.8) is 0 Å². The van der Waals surface area contributed by atoms with E-state index in [0.29, 0.717) is 5.92 Å². The zero-order valence-electron chi connectivity index (χ0n) is 20.5. The molecule has 3 rings (SSSR count). The van der Waals surface area contributed by atoms with Crippen molar-refractivity contribution in [2.24, 2.45) is 0 Å². The van der Waals surface area contributed by atoms with Crippen molar-refractivity contribution >= 4 is 16.4 Å². The summed E-state index contributed by atoms with van der Waals surface area (Å²) in [6.07, 6.45) is 0. The lowest BCUT2D eigenvalue weighted by molar-refractivity contribution is -0.159. The molecule has 3 aromatic rings. The lowest BCUT2D eigenvalue weighted by Gasteiger charge is -2.26. The third-order valence-electron chi connectivity index (χ3n) is 5.84. The van der Waals surface area contributed by atoms with E-state index in [4.69, 9.17) is 9.47 Å². The summed E-state index contributed by atoms with van der Waals surface area (Å²) in [6, 6.07) is 17.0. The van der Waals surface area contributed by atoms with Gasteiger partial charge in [0.15, 0.2) is 21.3 Å². The fourth-order valence-corrected chi connectivity index (χ4v) is 6.27. The number of benzene rings is 2. The topological polar surface area (TPSA) is 35.5 Å². The summed E-state index contributed by atoms with van der Waals surface area (Å²) in [7, 11) is 0.0138. The van der Waals surface area contributed by atoms with Gasteiger partial charge in [-0.05, 0) is 68.0 Å². The molecule has 0 amide bonds. The number of aryl methyl sites for hydroxylation is 4. The third kappa shape index (κ3) is 5.24. The summed E-state index contributed by atoms with van der Waals surface area (Å²) < 4.78 is 11.7. The molecule has 0 unspecified atom stereocenters. The van der Waals surface area contributed by atoms with Crippen LogP contribution in [0.3, 0.4) is 0 Å². The van der Waals surface area contributed by atoms with Crippen LogP contribution in [0.15, 0.2) is 48.5 Å². The van der Waals surface area contributed by atoms with Crippen LogP contribution in [0.4, 0.5) is 0 Å². The zero-order chi connectivity index (χ0) is 23.6. The number of ether oxygens (including phenoxy) is 2. The first-order chi connectivity index (χ1) is 15.0. The Morgan fingerprint density at radius 3 is 1.94 bits per heavy atom. The highest BCUT2D eigenvalue weighted by Crippen LogP contribution is 2.41. The minimum Gasteiger partial charge on any atom is -0.481 e. The van der Waals surface area contributed by atoms with E-state index in [0.717, 1.165) is 22.4 Å². The summed E-state index contributed by atoms with van der Waals surface area (Å²) in [6.45, 7) is 16.5. The fourth-order valence-electron chi connectivity index (χ4n) is 4.03. The van der Waals surface area contributed by atoms with Crippen LogP contribution < -0.4 is 4.74 Å². The maximum absolute atomic E-state index is 12.6. The van der Waals surface area contributed by atoms with E-state index in [9.17, 15) is 4.79 Å². The van der Waals surface area contributed by atoms with Crippen LogP contribution in [-0.4, -0.2) is 12.6 Å². The van der Waals surface area contributed by atoms with E-state index in [1.54, 1.807) is 0 Å². The smallest absolute Gasteiger partial charge is 0.345 e. The van der Waals surface area contributed by atoms with Crippen molar-refractivity contribution in [1.82, 2.24) is 0 Å². The first kappa shape index (κ1) is 24.1. The third-order valence-corrected chi connectivity index (χ3v) is 8.11. The molecule has 0 aliphatic heterocycles. The van der Waals surface area contributed by atoms with Crippen LogP contribution >= 0.6 is 10.5 Å². The second-order valence-corrected chi connectivity index (χ2v) is 11.7. The van der Waals surface area contributed by atoms with E-state index >= 15 is 0 Å². The Labute approximate surface area is 195 Å². The number of carbonyl (C=O) groups is 1. The van der Waals surface area contributed by atoms with Gasteiger partial charge in [0.1, 0.15) is 11.4 Å². The summed E-state index contributed by atoms with van der Waals surface area (Å²) in [5.41, 5.74) is 3.59. The Morgan fingerprint density at radius 2 is 1.44 bits per heavy atom. The van der Waals surface area contributed by atoms with Gasteiger partial charge >= 0.3 is 5.97 Å². The fraction of sp³-hybridized carbons (Fsp3) is 0.393. The first-order valence-corrected chi connectivity index (χ1v) is 12.4. The Hall–Kier alpha value is -2.59. The molecule has 0 fully saturated rings. The maximum atomic E-state index is 12.6. The van der Waals surface area contributed by atoms with E-state index < -0.39 is 5.60 Å². The largest absolute Gasteiger partial charge is 0.481 e. The molecule has 0 saturated heterocycles. The number of rotatable bonds is 7. The number of thiophene rings is 1. The lowest BCUT2D eigenvalue weighted by Crippen LogP contribution is -2.28. The highest BCUT2D eigenvalue weighted by atomic mass is 32.2. The van der Waals surface area contributed by atoms with Gasteiger partial charge in [-0.25, -0.2) is 4.79 Å². The maximum Gasteiger partial charge on any atom is 0.345 e. The van der Waals surface area contributed by atoms with Gasteiger partial charge in [-0.1, -0.05) is 38.1 Å². The Bertz CT molecular complexity index is 1060. The molecule has 0 aliphatic rings. The molecule has 0 atom stereocenters. The summed E-state index contributed by atoms with van der Waals surface area (Å²) >= 11 is 0. The molecule has 0 radical (unpaired) electrons. The second kappa shape index (κ2) is 9.50. The Balaban J connectivity index is 1.69. The van der Waals surface area contributed by atoms with Crippen LogP contribution in [-0.2, 0) is 15.1 Å². The highest BCUT2D eigenvalue weighted by molar-refractivity contribution is 7.39. The normalized spacial score (nSPS) is 11.7. The summed E-state index contributed by atoms with van der Waals surface area (Å²) in [5.74, 6) is 0.854. The quantitative estimate of drug-likeness (QED) is 0.273. The summed E-state index contributed by atoms with van der Waals surface area (Å²) in [5, 5.41) is 0. The van der Waals surface area contributed by atoms with E-state index in [2.05, 4.69) is 64.1 Å². The van der Waals surface area contributed by atoms with E-state index in [-0.39, 0.29) is 23.0 Å². The van der Waals surface area contributed by atoms with Gasteiger partial charge < -0.3 is 9.47 Å². The molecule has 0 bridgehead atoms. The number of esters is 1. The van der Waals surface area contributed by atoms with Crippen LogP contribution in [0, 0.1) is 27.7 Å². The van der Waals surface area contributed by atoms with Gasteiger partial charge in [-0.3, -0.25) is 0 Å². The summed E-state index contributed by atoms with van der Waals surface area (Å²) in [4.78, 5) is 16.7. The minimum absolute atomic E-state index is 0.0138. The van der Waals surface area contributed by atoms with Crippen molar-refractivity contribution in [2.45, 2.75) is 66.9 Å². The molecule has 4 heteroatoms. The van der Waals surface area contributed by atoms with Gasteiger partial charge in [0.25, 0.3) is 0 Å². The molecular weight excluding hydrogens is 416 g/mol. The van der Waals surface area contributed by atoms with Crippen LogP contribution in [0.1, 0.15) is 65.6 Å². The molecule has 170 valence electrons. The van der Waals surface area contributed by atoms with E-state index in [1.807, 2.05) is 39.8 Å². The number of hydrogen-bond acceptors (Lipinski definition) is 3. The van der Waals surface area contributed by atoms with Crippen molar-refractivity contribution in [3.05, 3.63) is 80.5 Å². The average Bonchev–Trinajstić information content (AvgIpc) is 3.05. The SMILES string of the molecule is Cc1cc(-[s+]2c(C)ccc2C)cc(C)c1OCC(=O)OC(C)(C)c1ccc(C(C)C)cc1. The van der Waals surface area contributed by atoms with Crippen LogP contribution in [0.5, 0.6) is 5.75 Å². The number of carbonyl (C=O) groups excluding carboxylic acids is 1. The Kier molecular flexibility index (Phi) is 7.14. The molecule has 0 saturated carbocycles. The van der Waals surface area contributed by atoms with E-state index in [1.165, 1.54) is 20.2 Å². The molecule has 0 spiro atoms. The predicted molar refractivity (Wildman–Crippen MR) is 134 cm³/mol. The van der Waals surface area contributed by atoms with Crippen LogP contribution in [0.25, 0.3) is 4.90 Å². The molecule has 0 aliphatic carbocycles. The van der Waals surface area contributed by atoms with Gasteiger partial charge in [0.05, 0.1) is 0 Å². The van der Waals surface area contributed by atoms with Crippen molar-refractivity contribution in [3.8, 4) is 10.6 Å². The monoisotopic (exact) mass is 451 g/mol. The van der Waals surface area contributed by atoms with Crippen molar-refractivity contribution in [2.75, 3.05) is 6.61 Å². The Morgan fingerprint density at radius 1 is 0.906 bits per heavy atom. The highest BCUT2D eigenvalue weighted by Gasteiger charge is 2.26. The second-order valence-electron chi connectivity index (χ2n) is 9.30. The van der Waals surface area contributed by atoms with Crippen molar-refractivity contribution < 1.29 is 14.3 Å².